The predicted octanol–water partition coefficient (Wildman–Crippen LogP) is 11.7. The lowest BCUT2D eigenvalue weighted by molar-refractivity contribution is -0.870. The van der Waals surface area contributed by atoms with E-state index in [4.69, 9.17) is 18.5 Å². The number of likely N-dealkylation sites (N-methyl/N-ethyl adjacent to an activating group) is 1. The minimum atomic E-state index is -4.39. The van der Waals surface area contributed by atoms with Gasteiger partial charge in [-0.25, -0.2) is 4.57 Å². The maximum Gasteiger partial charge on any atom is 0.472 e. The van der Waals surface area contributed by atoms with Gasteiger partial charge in [-0.15, -0.1) is 0 Å². The van der Waals surface area contributed by atoms with Crippen LogP contribution in [-0.2, 0) is 32.7 Å². The van der Waals surface area contributed by atoms with Crippen molar-refractivity contribution >= 4 is 19.8 Å². The lowest BCUT2D eigenvalue weighted by Gasteiger charge is -2.24. The molecule has 0 aliphatic rings. The van der Waals surface area contributed by atoms with Crippen LogP contribution in [-0.4, -0.2) is 74.9 Å². The number of esters is 2. The van der Waals surface area contributed by atoms with Gasteiger partial charge in [0.25, 0.3) is 0 Å². The fourth-order valence-electron chi connectivity index (χ4n) is 5.17. The van der Waals surface area contributed by atoms with Crippen LogP contribution in [0.4, 0.5) is 0 Å². The molecule has 312 valence electrons. The van der Waals surface area contributed by atoms with Crippen molar-refractivity contribution in [2.24, 2.45) is 0 Å². The number of carbonyl (C=O) groups excluding carboxylic acids is 2. The average molecular weight is 781 g/mol. The van der Waals surface area contributed by atoms with Gasteiger partial charge >= 0.3 is 19.8 Å². The summed E-state index contributed by atoms with van der Waals surface area (Å²) < 4.78 is 34.2. The van der Waals surface area contributed by atoms with Gasteiger partial charge in [0.05, 0.1) is 27.7 Å². The third-order valence-corrected chi connectivity index (χ3v) is 9.50. The number of allylic oxidation sites excluding steroid dienone is 10. The van der Waals surface area contributed by atoms with E-state index in [2.05, 4.69) is 74.6 Å². The van der Waals surface area contributed by atoms with Crippen LogP contribution in [0.3, 0.4) is 0 Å². The molecule has 9 nitrogen and oxygen atoms in total. The van der Waals surface area contributed by atoms with E-state index >= 15 is 0 Å². The summed E-state index contributed by atoms with van der Waals surface area (Å²) in [5, 5.41) is 0. The van der Waals surface area contributed by atoms with Gasteiger partial charge in [-0.05, 0) is 83.5 Å². The number of hydrogen-bond donors (Lipinski definition) is 1. The second kappa shape index (κ2) is 36.4. The van der Waals surface area contributed by atoms with Gasteiger partial charge < -0.3 is 18.9 Å². The maximum atomic E-state index is 12.6. The van der Waals surface area contributed by atoms with Crippen LogP contribution in [0.1, 0.15) is 155 Å². The zero-order valence-corrected chi connectivity index (χ0v) is 35.8. The van der Waals surface area contributed by atoms with E-state index < -0.39 is 32.5 Å². The second-order valence-electron chi connectivity index (χ2n) is 15.0. The van der Waals surface area contributed by atoms with Crippen molar-refractivity contribution in [3.8, 4) is 0 Å². The van der Waals surface area contributed by atoms with E-state index in [1.54, 1.807) is 0 Å². The highest BCUT2D eigenvalue weighted by Crippen LogP contribution is 2.43. The van der Waals surface area contributed by atoms with Crippen LogP contribution in [0.5, 0.6) is 0 Å². The fraction of sp³-hybridized carbons (Fsp3) is 0.727. The third-order valence-electron chi connectivity index (χ3n) is 8.52. The quantitative estimate of drug-likeness (QED) is 0.0218. The Bertz CT molecular complexity index is 1110. The van der Waals surface area contributed by atoms with E-state index in [0.29, 0.717) is 23.9 Å². The molecule has 0 spiro atoms. The summed E-state index contributed by atoms with van der Waals surface area (Å²) >= 11 is 0. The van der Waals surface area contributed by atoms with Gasteiger partial charge in [0.2, 0.25) is 0 Å². The second-order valence-corrected chi connectivity index (χ2v) is 16.5. The maximum absolute atomic E-state index is 12.6. The highest BCUT2D eigenvalue weighted by molar-refractivity contribution is 7.47. The Morgan fingerprint density at radius 2 is 1.00 bits per heavy atom. The molecule has 1 unspecified atom stereocenters. The summed E-state index contributed by atoms with van der Waals surface area (Å²) in [5.41, 5.74) is 0. The molecule has 54 heavy (non-hydrogen) atoms. The molecule has 0 rings (SSSR count). The van der Waals surface area contributed by atoms with Gasteiger partial charge in [0.1, 0.15) is 19.8 Å². The van der Waals surface area contributed by atoms with E-state index in [0.717, 1.165) is 70.6 Å². The van der Waals surface area contributed by atoms with Crippen LogP contribution in [0.15, 0.2) is 60.8 Å². The number of nitrogens with zero attached hydrogens (tertiary/aromatic N) is 1. The zero-order chi connectivity index (χ0) is 40.0. The van der Waals surface area contributed by atoms with E-state index in [1.165, 1.54) is 44.9 Å². The number of quaternary nitrogens is 1. The van der Waals surface area contributed by atoms with Crippen molar-refractivity contribution in [3.05, 3.63) is 60.8 Å². The lowest BCUT2D eigenvalue weighted by atomic mass is 10.1. The molecule has 2 atom stereocenters. The first-order valence-corrected chi connectivity index (χ1v) is 22.5. The van der Waals surface area contributed by atoms with Gasteiger partial charge in [-0.3, -0.25) is 18.6 Å². The topological polar surface area (TPSA) is 108 Å². The molecular formula is C44H79NO8P+. The molecule has 0 aliphatic heterocycles. The van der Waals surface area contributed by atoms with Crippen molar-refractivity contribution in [2.75, 3.05) is 47.5 Å². The van der Waals surface area contributed by atoms with Crippen LogP contribution < -0.4 is 0 Å². The molecule has 0 heterocycles. The Balaban J connectivity index is 4.50. The summed E-state index contributed by atoms with van der Waals surface area (Å²) in [6.45, 7) is 4.28. The molecule has 0 fully saturated rings. The van der Waals surface area contributed by atoms with Crippen molar-refractivity contribution in [1.29, 1.82) is 0 Å². The summed E-state index contributed by atoms with van der Waals surface area (Å²) in [4.78, 5) is 35.3. The van der Waals surface area contributed by atoms with Crippen molar-refractivity contribution < 1.29 is 42.1 Å². The molecule has 0 aliphatic carbocycles. The minimum absolute atomic E-state index is 0.0194. The van der Waals surface area contributed by atoms with E-state index in [-0.39, 0.29) is 26.1 Å². The predicted molar refractivity (Wildman–Crippen MR) is 224 cm³/mol. The monoisotopic (exact) mass is 781 g/mol. The molecule has 0 saturated heterocycles. The van der Waals surface area contributed by atoms with E-state index in [1.807, 2.05) is 21.1 Å². The first-order chi connectivity index (χ1) is 26.0. The van der Waals surface area contributed by atoms with Crippen molar-refractivity contribution in [3.63, 3.8) is 0 Å². The summed E-state index contributed by atoms with van der Waals surface area (Å²) in [5.74, 6) is -0.865. The van der Waals surface area contributed by atoms with Crippen molar-refractivity contribution in [2.45, 2.75) is 161 Å². The minimum Gasteiger partial charge on any atom is -0.462 e. The average Bonchev–Trinajstić information content (AvgIpc) is 3.12. The van der Waals surface area contributed by atoms with Crippen LogP contribution in [0.2, 0.25) is 0 Å². The summed E-state index contributed by atoms with van der Waals surface area (Å²) in [7, 11) is 1.43. The smallest absolute Gasteiger partial charge is 0.462 e. The molecule has 0 aromatic carbocycles. The Hall–Kier alpha value is -2.29. The number of unbranched alkanes of at least 4 members (excludes halogenated alkanes) is 13. The van der Waals surface area contributed by atoms with Crippen LogP contribution >= 0.6 is 7.82 Å². The standard InChI is InChI=1S/C44H78NO8P/c1-6-8-10-12-14-16-18-20-22-24-26-28-30-32-34-36-43(46)50-40-42(41-52-54(48,49)51-39-38-45(3,4)5)53-44(47)37-35-33-31-29-27-25-23-21-19-17-15-13-11-9-7-2/h14-17,20-23,27,29,42H,6-13,18-19,24-26,28,30-41H2,1-5H3/p+1/b16-14+,17-15+,22-20+,23-21+,29-27+/t42-/m1/s1. The third kappa shape index (κ3) is 39.4. The summed E-state index contributed by atoms with van der Waals surface area (Å²) in [6, 6.07) is 0. The Labute approximate surface area is 330 Å². The Morgan fingerprint density at radius 1 is 0.574 bits per heavy atom. The Morgan fingerprint density at radius 3 is 1.52 bits per heavy atom. The van der Waals surface area contributed by atoms with Gasteiger partial charge in [0.15, 0.2) is 6.10 Å². The number of rotatable bonds is 37. The Kier molecular flexibility index (Phi) is 34.8. The number of ether oxygens (including phenoxy) is 2. The fourth-order valence-corrected chi connectivity index (χ4v) is 5.91. The molecular weight excluding hydrogens is 701 g/mol. The van der Waals surface area contributed by atoms with Gasteiger partial charge in [0, 0.05) is 12.8 Å². The SMILES string of the molecule is CCCCC/C=C/C/C=C/C/C=C/CCCCC(=O)O[C@H](COC(=O)CCCCCCC/C=C/C/C=C/CCCCC)COP(=O)(O)OCC[N+](C)(C)C. The zero-order valence-electron chi connectivity index (χ0n) is 34.9. The molecule has 0 bridgehead atoms. The molecule has 0 aromatic heterocycles. The molecule has 0 aromatic rings. The van der Waals surface area contributed by atoms with Crippen LogP contribution in [0, 0.1) is 0 Å². The first kappa shape index (κ1) is 51.7. The van der Waals surface area contributed by atoms with E-state index in [9.17, 15) is 19.0 Å². The van der Waals surface area contributed by atoms with Gasteiger partial charge in [-0.2, -0.15) is 0 Å². The van der Waals surface area contributed by atoms with Crippen LogP contribution in [0.25, 0.3) is 0 Å². The largest absolute Gasteiger partial charge is 0.472 e. The number of phosphoric ester groups is 1. The molecule has 0 saturated carbocycles. The number of phosphoric acid groups is 1. The summed E-state index contributed by atoms with van der Waals surface area (Å²) in [6.07, 6.45) is 42.7. The molecule has 0 amide bonds. The van der Waals surface area contributed by atoms with Crippen molar-refractivity contribution in [1.82, 2.24) is 0 Å². The number of hydrogen-bond acceptors (Lipinski definition) is 7. The number of carbonyl (C=O) groups is 2. The van der Waals surface area contributed by atoms with Gasteiger partial charge in [-0.1, -0.05) is 120 Å². The highest BCUT2D eigenvalue weighted by atomic mass is 31.2. The highest BCUT2D eigenvalue weighted by Gasteiger charge is 2.27. The molecule has 0 radical (unpaired) electrons. The normalized spacial score (nSPS) is 14.3. The first-order valence-electron chi connectivity index (χ1n) is 21.0. The molecule has 1 N–H and O–H groups in total. The lowest BCUT2D eigenvalue weighted by Crippen LogP contribution is -2.37. The molecule has 10 heteroatoms.